The second-order valence-electron chi connectivity index (χ2n) is 1.53. The second-order valence-corrected chi connectivity index (χ2v) is 2.10. The summed E-state index contributed by atoms with van der Waals surface area (Å²) in [6, 6.07) is 0. The number of halogens is 1. The maximum absolute atomic E-state index is 3.36. The molecule has 0 heterocycles. The van der Waals surface area contributed by atoms with Gasteiger partial charge in [0.2, 0.25) is 0 Å². The van der Waals surface area contributed by atoms with E-state index < -0.39 is 0 Å². The van der Waals surface area contributed by atoms with E-state index in [2.05, 4.69) is 22.0 Å². The lowest BCUT2D eigenvalue weighted by Gasteiger charge is -2.08. The summed E-state index contributed by atoms with van der Waals surface area (Å²) in [5, 5.41) is 1.09. The van der Waals surface area contributed by atoms with E-state index >= 15 is 0 Å². The number of allylic oxidation sites excluding steroid dienone is 2. The summed E-state index contributed by atoms with van der Waals surface area (Å²) in [5.74, 6) is 0. The molecule has 0 unspecified atom stereocenters. The van der Waals surface area contributed by atoms with E-state index in [0.29, 0.717) is 0 Å². The Morgan fingerprint density at radius 2 is 2.50 bits per heavy atom. The summed E-state index contributed by atoms with van der Waals surface area (Å²) < 4.78 is 0. The molecule has 0 radical (unpaired) electrons. The number of hydrogen-bond acceptors (Lipinski definition) is 0. The van der Waals surface area contributed by atoms with Gasteiger partial charge in [0.25, 0.3) is 0 Å². The molecule has 0 amide bonds. The molecular formula is C5H7Br. The van der Waals surface area contributed by atoms with Gasteiger partial charge in [-0.2, -0.15) is 0 Å². The Kier molecular flexibility index (Phi) is 1.30. The van der Waals surface area contributed by atoms with Gasteiger partial charge in [-0.15, -0.1) is 0 Å². The molecule has 0 aromatic carbocycles. The molecule has 34 valence electrons. The fourth-order valence-corrected chi connectivity index (χ4v) is 0.979. The SMILES string of the molecule is BrCC1=CCC1. The molecule has 1 aliphatic carbocycles. The van der Waals surface area contributed by atoms with Crippen LogP contribution in [0.1, 0.15) is 12.8 Å². The van der Waals surface area contributed by atoms with E-state index in [4.69, 9.17) is 0 Å². The summed E-state index contributed by atoms with van der Waals surface area (Å²) >= 11 is 3.36. The highest BCUT2D eigenvalue weighted by Crippen LogP contribution is 2.18. The van der Waals surface area contributed by atoms with Crippen molar-refractivity contribution in [2.24, 2.45) is 0 Å². The zero-order valence-electron chi connectivity index (χ0n) is 3.58. The molecule has 0 spiro atoms. The van der Waals surface area contributed by atoms with E-state index in [9.17, 15) is 0 Å². The lowest BCUT2D eigenvalue weighted by Crippen LogP contribution is -1.92. The van der Waals surface area contributed by atoms with Crippen molar-refractivity contribution >= 4 is 15.9 Å². The van der Waals surface area contributed by atoms with E-state index in [1.54, 1.807) is 5.57 Å². The molecule has 0 aliphatic heterocycles. The van der Waals surface area contributed by atoms with Crippen LogP contribution in [0.25, 0.3) is 0 Å². The minimum absolute atomic E-state index is 1.09. The van der Waals surface area contributed by atoms with Crippen molar-refractivity contribution in [3.05, 3.63) is 11.6 Å². The molecule has 1 heteroatoms. The van der Waals surface area contributed by atoms with Gasteiger partial charge < -0.3 is 0 Å². The Bertz CT molecular complexity index is 74.0. The Labute approximate surface area is 46.4 Å². The zero-order valence-corrected chi connectivity index (χ0v) is 5.16. The predicted octanol–water partition coefficient (Wildman–Crippen LogP) is 2.10. The molecule has 1 aliphatic rings. The number of alkyl halides is 1. The van der Waals surface area contributed by atoms with Crippen molar-refractivity contribution in [2.45, 2.75) is 12.8 Å². The van der Waals surface area contributed by atoms with Crippen molar-refractivity contribution < 1.29 is 0 Å². The lowest BCUT2D eigenvalue weighted by atomic mass is 10.0. The van der Waals surface area contributed by atoms with Gasteiger partial charge in [0.05, 0.1) is 0 Å². The summed E-state index contributed by atoms with van der Waals surface area (Å²) in [4.78, 5) is 0. The molecule has 1 rings (SSSR count). The van der Waals surface area contributed by atoms with Gasteiger partial charge >= 0.3 is 0 Å². The third-order valence-electron chi connectivity index (χ3n) is 1.07. The van der Waals surface area contributed by atoms with Crippen molar-refractivity contribution in [2.75, 3.05) is 5.33 Å². The molecule has 0 N–H and O–H groups in total. The standard InChI is InChI=1S/C5H7Br/c6-4-5-2-1-3-5/h2H,1,3-4H2. The van der Waals surface area contributed by atoms with Gasteiger partial charge in [0.1, 0.15) is 0 Å². The van der Waals surface area contributed by atoms with Crippen LogP contribution in [-0.4, -0.2) is 5.33 Å². The topological polar surface area (TPSA) is 0 Å². The van der Waals surface area contributed by atoms with E-state index in [-0.39, 0.29) is 0 Å². The lowest BCUT2D eigenvalue weighted by molar-refractivity contribution is 0.882. The van der Waals surface area contributed by atoms with Gasteiger partial charge in [-0.3, -0.25) is 0 Å². The first-order valence-corrected chi connectivity index (χ1v) is 3.29. The quantitative estimate of drug-likeness (QED) is 0.393. The summed E-state index contributed by atoms with van der Waals surface area (Å²) in [6.45, 7) is 0. The van der Waals surface area contributed by atoms with Crippen molar-refractivity contribution in [1.82, 2.24) is 0 Å². The van der Waals surface area contributed by atoms with Crippen LogP contribution in [0.5, 0.6) is 0 Å². The Hall–Kier alpha value is 0.220. The fraction of sp³-hybridized carbons (Fsp3) is 0.600. The fourth-order valence-electron chi connectivity index (χ4n) is 0.470. The molecular weight excluding hydrogens is 140 g/mol. The first-order chi connectivity index (χ1) is 2.93. The minimum atomic E-state index is 1.09. The van der Waals surface area contributed by atoms with Crippen LogP contribution in [0.15, 0.2) is 11.6 Å². The second kappa shape index (κ2) is 1.78. The summed E-state index contributed by atoms with van der Waals surface area (Å²) in [5.41, 5.74) is 1.56. The van der Waals surface area contributed by atoms with Gasteiger partial charge in [-0.1, -0.05) is 27.6 Å². The molecule has 0 aromatic heterocycles. The molecule has 0 fully saturated rings. The number of rotatable bonds is 1. The van der Waals surface area contributed by atoms with E-state index in [1.165, 1.54) is 12.8 Å². The monoisotopic (exact) mass is 146 g/mol. The van der Waals surface area contributed by atoms with Crippen molar-refractivity contribution in [3.8, 4) is 0 Å². The zero-order chi connectivity index (χ0) is 4.41. The van der Waals surface area contributed by atoms with Gasteiger partial charge in [0.15, 0.2) is 0 Å². The predicted molar refractivity (Wildman–Crippen MR) is 31.1 cm³/mol. The van der Waals surface area contributed by atoms with Crippen LogP contribution < -0.4 is 0 Å². The molecule has 0 aromatic rings. The van der Waals surface area contributed by atoms with Crippen LogP contribution in [0.4, 0.5) is 0 Å². The average molecular weight is 147 g/mol. The van der Waals surface area contributed by atoms with Gasteiger partial charge in [-0.25, -0.2) is 0 Å². The molecule has 6 heavy (non-hydrogen) atoms. The highest BCUT2D eigenvalue weighted by molar-refractivity contribution is 9.09. The maximum atomic E-state index is 3.36. The minimum Gasteiger partial charge on any atom is -0.0880 e. The van der Waals surface area contributed by atoms with Crippen LogP contribution in [0.2, 0.25) is 0 Å². The highest BCUT2D eigenvalue weighted by Gasteiger charge is 2.00. The van der Waals surface area contributed by atoms with Crippen molar-refractivity contribution in [3.63, 3.8) is 0 Å². The normalized spacial score (nSPS) is 19.2. The molecule has 0 bridgehead atoms. The third kappa shape index (κ3) is 0.648. The largest absolute Gasteiger partial charge is 0.0880 e. The maximum Gasteiger partial charge on any atom is 0.0241 e. The summed E-state index contributed by atoms with van der Waals surface area (Å²) in [6.07, 6.45) is 4.90. The summed E-state index contributed by atoms with van der Waals surface area (Å²) in [7, 11) is 0. The highest BCUT2D eigenvalue weighted by atomic mass is 79.9. The van der Waals surface area contributed by atoms with Crippen LogP contribution in [0.3, 0.4) is 0 Å². The smallest absolute Gasteiger partial charge is 0.0241 e. The van der Waals surface area contributed by atoms with Crippen LogP contribution in [-0.2, 0) is 0 Å². The number of hydrogen-bond donors (Lipinski definition) is 0. The molecule has 0 nitrogen and oxygen atoms in total. The van der Waals surface area contributed by atoms with E-state index in [0.717, 1.165) is 5.33 Å². The Morgan fingerprint density at radius 1 is 1.83 bits per heavy atom. The average Bonchev–Trinajstić information content (AvgIpc) is 1.31. The first kappa shape index (κ1) is 4.38. The third-order valence-corrected chi connectivity index (χ3v) is 1.79. The van der Waals surface area contributed by atoms with Gasteiger partial charge in [0, 0.05) is 5.33 Å². The molecule has 0 atom stereocenters. The molecule has 0 saturated carbocycles. The van der Waals surface area contributed by atoms with Gasteiger partial charge in [-0.05, 0) is 12.8 Å². The van der Waals surface area contributed by atoms with Crippen LogP contribution in [0, 0.1) is 0 Å². The first-order valence-electron chi connectivity index (χ1n) is 2.17. The Balaban J connectivity index is 2.32. The van der Waals surface area contributed by atoms with E-state index in [1.807, 2.05) is 0 Å². The Morgan fingerprint density at radius 3 is 2.50 bits per heavy atom. The van der Waals surface area contributed by atoms with Crippen LogP contribution >= 0.6 is 15.9 Å². The molecule has 0 saturated heterocycles. The van der Waals surface area contributed by atoms with Crippen molar-refractivity contribution in [1.29, 1.82) is 0 Å².